The standard InChI is InChI=1S/C12H21N3O/c16-12-7-10(9-15-12)8-14-11-5-3-1-2-4-6-13-11/h10H,1-9H2,(H,13,14)(H,15,16). The van der Waals surface area contributed by atoms with E-state index >= 15 is 0 Å². The third kappa shape index (κ3) is 3.51. The van der Waals surface area contributed by atoms with Crippen molar-refractivity contribution in [3.63, 3.8) is 0 Å². The number of amidine groups is 1. The van der Waals surface area contributed by atoms with Gasteiger partial charge in [0.1, 0.15) is 0 Å². The van der Waals surface area contributed by atoms with Crippen molar-refractivity contribution >= 4 is 11.7 Å². The Kier molecular flexibility index (Phi) is 4.19. The van der Waals surface area contributed by atoms with Crippen molar-refractivity contribution in [1.82, 2.24) is 10.6 Å². The van der Waals surface area contributed by atoms with Crippen molar-refractivity contribution in [3.05, 3.63) is 0 Å². The fourth-order valence-electron chi connectivity index (χ4n) is 2.27. The highest BCUT2D eigenvalue weighted by Gasteiger charge is 2.21. The Morgan fingerprint density at radius 1 is 1.31 bits per heavy atom. The minimum absolute atomic E-state index is 0.186. The molecular formula is C12H21N3O. The van der Waals surface area contributed by atoms with Crippen LogP contribution < -0.4 is 10.6 Å². The molecule has 2 aliphatic rings. The van der Waals surface area contributed by atoms with E-state index in [9.17, 15) is 4.79 Å². The average molecular weight is 223 g/mol. The molecule has 2 N–H and O–H groups in total. The largest absolute Gasteiger partial charge is 0.373 e. The number of aliphatic imine (C=N–C) groups is 1. The monoisotopic (exact) mass is 223 g/mol. The van der Waals surface area contributed by atoms with Crippen LogP contribution in [0.3, 0.4) is 0 Å². The van der Waals surface area contributed by atoms with Crippen LogP contribution in [0.2, 0.25) is 0 Å². The van der Waals surface area contributed by atoms with Crippen molar-refractivity contribution in [2.24, 2.45) is 10.9 Å². The third-order valence-electron chi connectivity index (χ3n) is 3.28. The number of rotatable bonds is 2. The molecule has 2 aliphatic heterocycles. The fourth-order valence-corrected chi connectivity index (χ4v) is 2.27. The Hall–Kier alpha value is -1.06. The smallest absolute Gasteiger partial charge is 0.220 e. The van der Waals surface area contributed by atoms with E-state index in [-0.39, 0.29) is 5.91 Å². The van der Waals surface area contributed by atoms with Gasteiger partial charge in [-0.2, -0.15) is 0 Å². The number of nitrogens with one attached hydrogen (secondary N) is 2. The van der Waals surface area contributed by atoms with Gasteiger partial charge < -0.3 is 10.6 Å². The van der Waals surface area contributed by atoms with Gasteiger partial charge in [0.2, 0.25) is 5.91 Å². The van der Waals surface area contributed by atoms with E-state index in [4.69, 9.17) is 0 Å². The second-order valence-electron chi connectivity index (χ2n) is 4.75. The second kappa shape index (κ2) is 5.87. The topological polar surface area (TPSA) is 53.5 Å². The normalized spacial score (nSPS) is 29.9. The number of hydrogen-bond donors (Lipinski definition) is 2. The van der Waals surface area contributed by atoms with Gasteiger partial charge in [-0.05, 0) is 12.8 Å². The van der Waals surface area contributed by atoms with Crippen molar-refractivity contribution in [3.8, 4) is 0 Å². The van der Waals surface area contributed by atoms with E-state index < -0.39 is 0 Å². The molecule has 1 unspecified atom stereocenters. The van der Waals surface area contributed by atoms with Gasteiger partial charge in [-0.25, -0.2) is 0 Å². The number of hydrogen-bond acceptors (Lipinski definition) is 3. The summed E-state index contributed by atoms with van der Waals surface area (Å²) < 4.78 is 0. The summed E-state index contributed by atoms with van der Waals surface area (Å²) in [4.78, 5) is 15.6. The first-order chi connectivity index (χ1) is 7.84. The first-order valence-electron chi connectivity index (χ1n) is 6.38. The van der Waals surface area contributed by atoms with Crippen LogP contribution in [0.1, 0.15) is 38.5 Å². The Labute approximate surface area is 96.9 Å². The summed E-state index contributed by atoms with van der Waals surface area (Å²) in [6.07, 6.45) is 6.85. The number of nitrogens with zero attached hydrogens (tertiary/aromatic N) is 1. The molecule has 0 aromatic carbocycles. The number of amides is 1. The molecule has 0 bridgehead atoms. The van der Waals surface area contributed by atoms with Crippen LogP contribution in [-0.2, 0) is 4.79 Å². The highest BCUT2D eigenvalue weighted by atomic mass is 16.1. The first kappa shape index (κ1) is 11.4. The van der Waals surface area contributed by atoms with Crippen LogP contribution in [-0.4, -0.2) is 31.4 Å². The van der Waals surface area contributed by atoms with Gasteiger partial charge in [0, 0.05) is 38.4 Å². The fraction of sp³-hybridized carbons (Fsp3) is 0.833. The minimum atomic E-state index is 0.186. The van der Waals surface area contributed by atoms with Gasteiger partial charge in [-0.3, -0.25) is 9.79 Å². The van der Waals surface area contributed by atoms with Gasteiger partial charge in [0.15, 0.2) is 0 Å². The highest BCUT2D eigenvalue weighted by Crippen LogP contribution is 2.10. The Morgan fingerprint density at radius 2 is 2.19 bits per heavy atom. The lowest BCUT2D eigenvalue weighted by molar-refractivity contribution is -0.119. The summed E-state index contributed by atoms with van der Waals surface area (Å²) in [6.45, 7) is 2.67. The molecule has 1 fully saturated rings. The number of carbonyl (C=O) groups is 1. The van der Waals surface area contributed by atoms with E-state index in [0.29, 0.717) is 12.3 Å². The van der Waals surface area contributed by atoms with E-state index in [1.54, 1.807) is 0 Å². The van der Waals surface area contributed by atoms with Gasteiger partial charge in [-0.15, -0.1) is 0 Å². The van der Waals surface area contributed by atoms with Gasteiger partial charge >= 0.3 is 0 Å². The Balaban J connectivity index is 1.73. The van der Waals surface area contributed by atoms with Crippen molar-refractivity contribution in [2.45, 2.75) is 38.5 Å². The second-order valence-corrected chi connectivity index (χ2v) is 4.75. The molecular weight excluding hydrogens is 202 g/mol. The lowest BCUT2D eigenvalue weighted by Crippen LogP contribution is -2.30. The molecule has 1 amide bonds. The van der Waals surface area contributed by atoms with Crippen LogP contribution in [0.25, 0.3) is 0 Å². The third-order valence-corrected chi connectivity index (χ3v) is 3.28. The van der Waals surface area contributed by atoms with Crippen LogP contribution >= 0.6 is 0 Å². The molecule has 0 radical (unpaired) electrons. The predicted octanol–water partition coefficient (Wildman–Crippen LogP) is 1.07. The molecule has 90 valence electrons. The summed E-state index contributed by atoms with van der Waals surface area (Å²) >= 11 is 0. The molecule has 2 rings (SSSR count). The molecule has 16 heavy (non-hydrogen) atoms. The summed E-state index contributed by atoms with van der Waals surface area (Å²) in [7, 11) is 0. The lowest BCUT2D eigenvalue weighted by Gasteiger charge is -2.15. The van der Waals surface area contributed by atoms with Gasteiger partial charge in [0.05, 0.1) is 5.84 Å². The zero-order chi connectivity index (χ0) is 11.2. The summed E-state index contributed by atoms with van der Waals surface area (Å²) in [5, 5.41) is 6.27. The highest BCUT2D eigenvalue weighted by molar-refractivity contribution is 5.82. The summed E-state index contributed by atoms with van der Waals surface area (Å²) in [5.74, 6) is 1.78. The molecule has 0 aromatic heterocycles. The maximum atomic E-state index is 11.0. The van der Waals surface area contributed by atoms with Crippen LogP contribution in [0.4, 0.5) is 0 Å². The quantitative estimate of drug-likeness (QED) is 0.736. The molecule has 4 nitrogen and oxygen atoms in total. The summed E-state index contributed by atoms with van der Waals surface area (Å²) in [5.41, 5.74) is 0. The zero-order valence-electron chi connectivity index (χ0n) is 9.80. The summed E-state index contributed by atoms with van der Waals surface area (Å²) in [6, 6.07) is 0. The lowest BCUT2D eigenvalue weighted by atomic mass is 10.1. The Morgan fingerprint density at radius 3 is 3.00 bits per heavy atom. The zero-order valence-corrected chi connectivity index (χ0v) is 9.80. The molecule has 0 spiro atoms. The molecule has 0 aliphatic carbocycles. The van der Waals surface area contributed by atoms with Gasteiger partial charge in [-0.1, -0.05) is 12.8 Å². The van der Waals surface area contributed by atoms with Crippen LogP contribution in [0.15, 0.2) is 4.99 Å². The van der Waals surface area contributed by atoms with Gasteiger partial charge in [0.25, 0.3) is 0 Å². The predicted molar refractivity (Wildman–Crippen MR) is 64.5 cm³/mol. The number of carbonyl (C=O) groups excluding carboxylic acids is 1. The van der Waals surface area contributed by atoms with E-state index in [1.807, 2.05) is 0 Å². The SMILES string of the molecule is O=C1CC(CN/C2=N/CCCCCC2)CN1. The molecule has 0 saturated carbocycles. The van der Waals surface area contributed by atoms with Crippen molar-refractivity contribution in [2.75, 3.05) is 19.6 Å². The maximum Gasteiger partial charge on any atom is 0.220 e. The molecule has 4 heteroatoms. The Bertz CT molecular complexity index is 275. The van der Waals surface area contributed by atoms with Crippen LogP contribution in [0, 0.1) is 5.92 Å². The minimum Gasteiger partial charge on any atom is -0.373 e. The molecule has 1 atom stereocenters. The molecule has 2 heterocycles. The average Bonchev–Trinajstić information content (AvgIpc) is 2.63. The van der Waals surface area contributed by atoms with E-state index in [0.717, 1.165) is 31.9 Å². The molecule has 1 saturated heterocycles. The van der Waals surface area contributed by atoms with E-state index in [2.05, 4.69) is 15.6 Å². The van der Waals surface area contributed by atoms with Crippen molar-refractivity contribution < 1.29 is 4.79 Å². The van der Waals surface area contributed by atoms with E-state index in [1.165, 1.54) is 25.7 Å². The molecule has 0 aromatic rings. The van der Waals surface area contributed by atoms with Crippen molar-refractivity contribution in [1.29, 1.82) is 0 Å². The maximum absolute atomic E-state index is 11.0. The van der Waals surface area contributed by atoms with Crippen LogP contribution in [0.5, 0.6) is 0 Å². The first-order valence-corrected chi connectivity index (χ1v) is 6.38.